The number of methoxy groups -OCH3 is 1. The fraction of sp³-hybridized carbons (Fsp3) is 0.429. The fourth-order valence-corrected chi connectivity index (χ4v) is 2.46. The van der Waals surface area contributed by atoms with Gasteiger partial charge in [0, 0.05) is 13.3 Å². The molecule has 1 unspecified atom stereocenters. The van der Waals surface area contributed by atoms with Crippen LogP contribution in [0.5, 0.6) is 0 Å². The highest BCUT2D eigenvalue weighted by Crippen LogP contribution is 2.17. The van der Waals surface area contributed by atoms with E-state index in [-0.39, 0.29) is 23.9 Å². The Hall–Kier alpha value is -3.08. The molecule has 1 aliphatic rings. The zero-order valence-electron chi connectivity index (χ0n) is 13.6. The molecule has 11 heteroatoms. The van der Waals surface area contributed by atoms with Gasteiger partial charge >= 0.3 is 0 Å². The summed E-state index contributed by atoms with van der Waals surface area (Å²) in [5.74, 6) is -0.0231. The van der Waals surface area contributed by atoms with Gasteiger partial charge in [-0.25, -0.2) is 10.1 Å². The van der Waals surface area contributed by atoms with E-state index in [1.807, 2.05) is 0 Å². The largest absolute Gasteiger partial charge is 0.378 e. The highest BCUT2D eigenvalue weighted by atomic mass is 16.6. The van der Waals surface area contributed by atoms with Crippen LogP contribution in [0.1, 0.15) is 35.4 Å². The Bertz CT molecular complexity index is 794. The van der Waals surface area contributed by atoms with Crippen molar-refractivity contribution in [2.75, 3.05) is 12.8 Å². The van der Waals surface area contributed by atoms with Crippen molar-refractivity contribution in [2.24, 2.45) is 11.0 Å². The van der Waals surface area contributed by atoms with E-state index in [4.69, 9.17) is 10.5 Å². The van der Waals surface area contributed by atoms with Crippen LogP contribution in [0.15, 0.2) is 21.9 Å². The van der Waals surface area contributed by atoms with Gasteiger partial charge in [-0.3, -0.25) is 4.79 Å². The van der Waals surface area contributed by atoms with E-state index in [2.05, 4.69) is 47.9 Å². The summed E-state index contributed by atoms with van der Waals surface area (Å²) in [6.07, 6.45) is 8.94. The maximum absolute atomic E-state index is 12.3. The summed E-state index contributed by atoms with van der Waals surface area (Å²) in [7, 11) is 1.48. The van der Waals surface area contributed by atoms with Gasteiger partial charge in [0.2, 0.25) is 11.6 Å². The molecule has 1 amide bonds. The van der Waals surface area contributed by atoms with Crippen LogP contribution in [0.3, 0.4) is 0 Å². The number of nitrogens with one attached hydrogen (secondary N) is 1. The normalized spacial score (nSPS) is 17.2. The molecule has 3 N–H and O–H groups in total. The first-order valence-corrected chi connectivity index (χ1v) is 7.71. The third-order valence-corrected chi connectivity index (χ3v) is 3.72. The molecule has 2 aromatic heterocycles. The second-order valence-corrected chi connectivity index (χ2v) is 5.47. The van der Waals surface area contributed by atoms with Crippen molar-refractivity contribution in [1.82, 2.24) is 30.7 Å². The Labute approximate surface area is 142 Å². The van der Waals surface area contributed by atoms with Crippen LogP contribution in [0.2, 0.25) is 0 Å². The average Bonchev–Trinajstić information content (AvgIpc) is 3.22. The maximum Gasteiger partial charge on any atom is 0.293 e. The second-order valence-electron chi connectivity index (χ2n) is 5.47. The smallest absolute Gasteiger partial charge is 0.293 e. The lowest BCUT2D eigenvalue weighted by Gasteiger charge is -2.11. The molecule has 0 saturated heterocycles. The number of hydrazone groups is 1. The lowest BCUT2D eigenvalue weighted by atomic mass is 9.96. The predicted molar refractivity (Wildman–Crippen MR) is 86.8 cm³/mol. The van der Waals surface area contributed by atoms with Gasteiger partial charge in [-0.2, -0.15) is 9.78 Å². The molecule has 0 spiro atoms. The summed E-state index contributed by atoms with van der Waals surface area (Å²) >= 11 is 0. The summed E-state index contributed by atoms with van der Waals surface area (Å²) in [6, 6.07) is 0. The number of carbonyl (C=O) groups excluding carboxylic acids is 1. The number of ether oxygens (including phenoxy) is 1. The molecule has 11 nitrogen and oxygen atoms in total. The number of allylic oxidation sites excluding steroid dienone is 2. The van der Waals surface area contributed by atoms with Gasteiger partial charge in [0.25, 0.3) is 5.91 Å². The van der Waals surface area contributed by atoms with Crippen LogP contribution in [0, 0.1) is 5.92 Å². The average molecular weight is 346 g/mol. The van der Waals surface area contributed by atoms with E-state index in [9.17, 15) is 4.79 Å². The molecule has 1 aliphatic carbocycles. The van der Waals surface area contributed by atoms with E-state index in [1.165, 1.54) is 11.8 Å². The van der Waals surface area contributed by atoms with Crippen molar-refractivity contribution in [3.05, 3.63) is 23.5 Å². The van der Waals surface area contributed by atoms with E-state index < -0.39 is 5.91 Å². The third kappa shape index (κ3) is 3.71. The quantitative estimate of drug-likeness (QED) is 0.435. The number of nitrogens with two attached hydrogens (primary N) is 1. The lowest BCUT2D eigenvalue weighted by Crippen LogP contribution is -2.21. The van der Waals surface area contributed by atoms with E-state index in [1.54, 1.807) is 6.21 Å². The van der Waals surface area contributed by atoms with Crippen molar-refractivity contribution in [2.45, 2.75) is 25.9 Å². The van der Waals surface area contributed by atoms with Crippen LogP contribution in [0.25, 0.3) is 5.82 Å². The molecule has 2 aromatic rings. The summed E-state index contributed by atoms with van der Waals surface area (Å²) < 4.78 is 10.9. The summed E-state index contributed by atoms with van der Waals surface area (Å²) in [6.45, 7) is 0.0686. The molecule has 0 radical (unpaired) electrons. The molecule has 0 bridgehead atoms. The molecule has 0 aliphatic heterocycles. The number of nitrogens with zero attached hydrogens (tertiary/aromatic N) is 6. The van der Waals surface area contributed by atoms with Crippen LogP contribution >= 0.6 is 0 Å². The third-order valence-electron chi connectivity index (χ3n) is 3.72. The Morgan fingerprint density at radius 3 is 3.12 bits per heavy atom. The zero-order chi connectivity index (χ0) is 17.6. The van der Waals surface area contributed by atoms with Crippen molar-refractivity contribution in [3.8, 4) is 5.82 Å². The van der Waals surface area contributed by atoms with Gasteiger partial charge in [-0.15, -0.1) is 5.10 Å². The molecule has 3 rings (SSSR count). The monoisotopic (exact) mass is 346 g/mol. The molecule has 1 atom stereocenters. The first kappa shape index (κ1) is 16.8. The molecule has 2 heterocycles. The van der Waals surface area contributed by atoms with Gasteiger partial charge in [0.1, 0.15) is 5.69 Å². The number of hydrogen-bond donors (Lipinski definition) is 2. The summed E-state index contributed by atoms with van der Waals surface area (Å²) in [5.41, 5.74) is 8.54. The number of aromatic nitrogens is 5. The Kier molecular flexibility index (Phi) is 5.14. The van der Waals surface area contributed by atoms with Crippen LogP contribution < -0.4 is 11.2 Å². The minimum Gasteiger partial charge on any atom is -0.378 e. The van der Waals surface area contributed by atoms with Crippen LogP contribution in [-0.2, 0) is 11.3 Å². The zero-order valence-corrected chi connectivity index (χ0v) is 13.6. The number of amides is 1. The number of anilines is 1. The van der Waals surface area contributed by atoms with Crippen molar-refractivity contribution >= 4 is 17.9 Å². The first-order valence-electron chi connectivity index (χ1n) is 7.71. The van der Waals surface area contributed by atoms with Crippen LogP contribution in [0.4, 0.5) is 5.82 Å². The highest BCUT2D eigenvalue weighted by molar-refractivity contribution is 5.93. The standard InChI is InChI=1S/C14H18N8O3/c1-24-8-10-11(17-21-22(10)13-12(15)19-25-20-13)14(23)18-16-7-9-5-3-2-4-6-9/h2-3,7,9H,4-6,8H2,1H3,(H2,15,19)(H,18,23)/b16-7-. The van der Waals surface area contributed by atoms with Gasteiger partial charge in [-0.1, -0.05) is 17.4 Å². The van der Waals surface area contributed by atoms with Gasteiger partial charge in [0.15, 0.2) is 5.69 Å². The predicted octanol–water partition coefficient (Wildman–Crippen LogP) is 0.451. The topological polar surface area (TPSA) is 146 Å². The molecular formula is C14H18N8O3. The van der Waals surface area contributed by atoms with Gasteiger partial charge in [0.05, 0.1) is 6.61 Å². The van der Waals surface area contributed by atoms with Crippen molar-refractivity contribution in [3.63, 3.8) is 0 Å². The van der Waals surface area contributed by atoms with Crippen molar-refractivity contribution in [1.29, 1.82) is 0 Å². The van der Waals surface area contributed by atoms with E-state index in [0.29, 0.717) is 11.6 Å². The minimum atomic E-state index is -0.504. The first-order chi connectivity index (χ1) is 12.2. The van der Waals surface area contributed by atoms with Gasteiger partial charge < -0.3 is 10.5 Å². The van der Waals surface area contributed by atoms with E-state index in [0.717, 1.165) is 19.3 Å². The molecule has 0 saturated carbocycles. The molecule has 0 aromatic carbocycles. The Balaban J connectivity index is 1.76. The van der Waals surface area contributed by atoms with Crippen molar-refractivity contribution < 1.29 is 14.2 Å². The number of nitrogen functional groups attached to an aromatic ring is 1. The minimum absolute atomic E-state index is 0.0255. The Morgan fingerprint density at radius 1 is 1.56 bits per heavy atom. The Morgan fingerprint density at radius 2 is 2.44 bits per heavy atom. The second kappa shape index (κ2) is 7.66. The molecule has 132 valence electrons. The number of rotatable bonds is 6. The summed E-state index contributed by atoms with van der Waals surface area (Å²) in [4.78, 5) is 12.3. The van der Waals surface area contributed by atoms with Gasteiger partial charge in [-0.05, 0) is 35.5 Å². The number of hydrogen-bond acceptors (Lipinski definition) is 9. The van der Waals surface area contributed by atoms with Crippen LogP contribution in [-0.4, -0.2) is 44.5 Å². The molecule has 25 heavy (non-hydrogen) atoms. The fourth-order valence-electron chi connectivity index (χ4n) is 2.46. The molecule has 0 fully saturated rings. The lowest BCUT2D eigenvalue weighted by molar-refractivity contribution is 0.0944. The highest BCUT2D eigenvalue weighted by Gasteiger charge is 2.23. The SMILES string of the molecule is COCc1c(C(=O)N/N=C\C2CC=CCC2)nnn1-c1nonc1N. The summed E-state index contributed by atoms with van der Waals surface area (Å²) in [5, 5.41) is 18.9. The molecular weight excluding hydrogens is 328 g/mol. The number of carbonyl (C=O) groups is 1. The maximum atomic E-state index is 12.3. The van der Waals surface area contributed by atoms with E-state index >= 15 is 0 Å².